The van der Waals surface area contributed by atoms with Crippen LogP contribution in [0.4, 0.5) is 10.2 Å². The average Bonchev–Trinajstić information content (AvgIpc) is 2.42. The first-order valence-corrected chi connectivity index (χ1v) is 7.05. The number of anilines is 1. The fourth-order valence-corrected chi connectivity index (χ4v) is 2.21. The first kappa shape index (κ1) is 15.2. The Morgan fingerprint density at radius 1 is 1.38 bits per heavy atom. The molecule has 0 fully saturated rings. The van der Waals surface area contributed by atoms with Crippen molar-refractivity contribution < 1.29 is 4.39 Å². The van der Waals surface area contributed by atoms with E-state index in [1.54, 1.807) is 23.0 Å². The maximum Gasteiger partial charge on any atom is 0.293 e. The van der Waals surface area contributed by atoms with Gasteiger partial charge in [-0.05, 0) is 50.5 Å². The second-order valence-electron chi connectivity index (χ2n) is 5.33. The molecule has 0 aliphatic carbocycles. The van der Waals surface area contributed by atoms with Crippen LogP contribution in [0.3, 0.4) is 0 Å². The van der Waals surface area contributed by atoms with Crippen LogP contribution >= 0.6 is 0 Å². The highest BCUT2D eigenvalue weighted by Gasteiger charge is 2.07. The molecule has 2 aromatic rings. The van der Waals surface area contributed by atoms with Crippen LogP contribution in [-0.2, 0) is 6.42 Å². The van der Waals surface area contributed by atoms with E-state index in [0.29, 0.717) is 18.8 Å². The minimum atomic E-state index is -0.228. The highest BCUT2D eigenvalue weighted by atomic mass is 19.1. The van der Waals surface area contributed by atoms with Crippen molar-refractivity contribution in [3.8, 4) is 0 Å². The quantitative estimate of drug-likeness (QED) is 0.920. The smallest absolute Gasteiger partial charge is 0.293 e. The second kappa shape index (κ2) is 6.52. The maximum atomic E-state index is 13.0. The third kappa shape index (κ3) is 3.68. The van der Waals surface area contributed by atoms with Crippen LogP contribution in [-0.4, -0.2) is 16.1 Å². The zero-order valence-corrected chi connectivity index (χ0v) is 12.6. The van der Waals surface area contributed by atoms with Crippen LogP contribution in [0.5, 0.6) is 0 Å². The number of hydrogen-bond acceptors (Lipinski definition) is 3. The monoisotopic (exact) mass is 289 g/mol. The molecule has 0 saturated carbocycles. The van der Waals surface area contributed by atoms with E-state index in [2.05, 4.69) is 10.3 Å². The molecule has 0 saturated heterocycles. The Bertz CT molecular complexity index is 679. The van der Waals surface area contributed by atoms with E-state index in [1.165, 1.54) is 12.1 Å². The van der Waals surface area contributed by atoms with Gasteiger partial charge in [-0.3, -0.25) is 4.79 Å². The van der Waals surface area contributed by atoms with Crippen molar-refractivity contribution in [1.82, 2.24) is 9.55 Å². The zero-order chi connectivity index (χ0) is 15.4. The van der Waals surface area contributed by atoms with Crippen molar-refractivity contribution in [2.45, 2.75) is 33.2 Å². The summed E-state index contributed by atoms with van der Waals surface area (Å²) in [5, 5.41) is 3.06. The second-order valence-corrected chi connectivity index (χ2v) is 5.33. The molecule has 0 aliphatic rings. The molecule has 0 aliphatic heterocycles. The van der Waals surface area contributed by atoms with E-state index in [4.69, 9.17) is 0 Å². The van der Waals surface area contributed by atoms with E-state index in [9.17, 15) is 9.18 Å². The van der Waals surface area contributed by atoms with E-state index in [0.717, 1.165) is 11.1 Å². The van der Waals surface area contributed by atoms with Crippen LogP contribution in [0.15, 0.2) is 35.4 Å². The van der Waals surface area contributed by atoms with Crippen LogP contribution in [0.25, 0.3) is 0 Å². The lowest BCUT2D eigenvalue weighted by Crippen LogP contribution is -2.26. The van der Waals surface area contributed by atoms with Gasteiger partial charge in [0.15, 0.2) is 5.82 Å². The number of halogens is 1. The fourth-order valence-electron chi connectivity index (χ4n) is 2.21. The number of nitrogens with zero attached hydrogens (tertiary/aromatic N) is 2. The van der Waals surface area contributed by atoms with Crippen molar-refractivity contribution in [3.63, 3.8) is 0 Å². The van der Waals surface area contributed by atoms with E-state index in [1.807, 2.05) is 20.8 Å². The maximum absolute atomic E-state index is 13.0. The van der Waals surface area contributed by atoms with Gasteiger partial charge in [0.25, 0.3) is 5.56 Å². The minimum absolute atomic E-state index is 0.0976. The molecule has 0 radical (unpaired) electrons. The molecule has 0 spiro atoms. The van der Waals surface area contributed by atoms with Crippen molar-refractivity contribution in [2.75, 3.05) is 11.9 Å². The lowest BCUT2D eigenvalue weighted by Gasteiger charge is -2.12. The molecule has 4 nitrogen and oxygen atoms in total. The largest absolute Gasteiger partial charge is 0.365 e. The first-order chi connectivity index (χ1) is 9.99. The normalized spacial score (nSPS) is 10.9. The predicted octanol–water partition coefficient (Wildman–Crippen LogP) is 2.93. The number of nitrogens with one attached hydrogen (secondary N) is 1. The SMILES string of the molecule is Cc1cc(F)ccc1CCNc1nccn(C(C)C)c1=O. The number of rotatable bonds is 5. The summed E-state index contributed by atoms with van der Waals surface area (Å²) in [6.45, 7) is 6.36. The molecule has 0 unspecified atom stereocenters. The van der Waals surface area contributed by atoms with E-state index >= 15 is 0 Å². The van der Waals surface area contributed by atoms with Gasteiger partial charge in [0.1, 0.15) is 5.82 Å². The van der Waals surface area contributed by atoms with Gasteiger partial charge in [-0.1, -0.05) is 6.07 Å². The molecule has 1 aromatic heterocycles. The van der Waals surface area contributed by atoms with Gasteiger partial charge >= 0.3 is 0 Å². The highest BCUT2D eigenvalue weighted by Crippen LogP contribution is 2.11. The molecule has 1 heterocycles. The summed E-state index contributed by atoms with van der Waals surface area (Å²) in [6, 6.07) is 4.84. The molecule has 0 bridgehead atoms. The number of aryl methyl sites for hydroxylation is 1. The first-order valence-electron chi connectivity index (χ1n) is 7.05. The van der Waals surface area contributed by atoms with Crippen LogP contribution in [0.1, 0.15) is 31.0 Å². The Labute approximate surface area is 123 Å². The topological polar surface area (TPSA) is 46.9 Å². The van der Waals surface area contributed by atoms with Gasteiger partial charge in [0, 0.05) is 25.0 Å². The third-order valence-electron chi connectivity index (χ3n) is 3.42. The van der Waals surface area contributed by atoms with Gasteiger partial charge in [-0.15, -0.1) is 0 Å². The van der Waals surface area contributed by atoms with E-state index < -0.39 is 0 Å². The lowest BCUT2D eigenvalue weighted by atomic mass is 10.1. The third-order valence-corrected chi connectivity index (χ3v) is 3.42. The molecular formula is C16H20FN3O. The van der Waals surface area contributed by atoms with Gasteiger partial charge in [-0.25, -0.2) is 9.37 Å². The Hall–Kier alpha value is -2.17. The summed E-state index contributed by atoms with van der Waals surface area (Å²) in [5.74, 6) is 0.125. The van der Waals surface area contributed by atoms with Crippen molar-refractivity contribution in [2.24, 2.45) is 0 Å². The molecule has 1 aromatic carbocycles. The van der Waals surface area contributed by atoms with Crippen LogP contribution in [0.2, 0.25) is 0 Å². The van der Waals surface area contributed by atoms with Crippen LogP contribution < -0.4 is 10.9 Å². The van der Waals surface area contributed by atoms with Gasteiger partial charge < -0.3 is 9.88 Å². The lowest BCUT2D eigenvalue weighted by molar-refractivity contribution is 0.575. The Kier molecular flexibility index (Phi) is 4.73. The number of benzene rings is 1. The molecule has 21 heavy (non-hydrogen) atoms. The molecule has 112 valence electrons. The summed E-state index contributed by atoms with van der Waals surface area (Å²) < 4.78 is 14.7. The van der Waals surface area contributed by atoms with Gasteiger partial charge in [0.2, 0.25) is 0 Å². The molecule has 5 heteroatoms. The standard InChI is InChI=1S/C16H20FN3O/c1-11(2)20-9-8-19-15(16(20)21)18-7-6-13-4-5-14(17)10-12(13)3/h4-5,8-11H,6-7H2,1-3H3,(H,18,19). The van der Waals surface area contributed by atoms with Crippen LogP contribution in [0, 0.1) is 12.7 Å². The van der Waals surface area contributed by atoms with Crippen molar-refractivity contribution in [1.29, 1.82) is 0 Å². The molecular weight excluding hydrogens is 269 g/mol. The Morgan fingerprint density at radius 2 is 2.14 bits per heavy atom. The summed E-state index contributed by atoms with van der Waals surface area (Å²) in [6.07, 6.45) is 4.01. The molecule has 1 N–H and O–H groups in total. The van der Waals surface area contributed by atoms with Crippen molar-refractivity contribution >= 4 is 5.82 Å². The summed E-state index contributed by atoms with van der Waals surface area (Å²) in [7, 11) is 0. The molecule has 0 amide bonds. The molecule has 0 atom stereocenters. The summed E-state index contributed by atoms with van der Waals surface area (Å²) in [5.41, 5.74) is 1.85. The number of aromatic nitrogens is 2. The summed E-state index contributed by atoms with van der Waals surface area (Å²) >= 11 is 0. The fraction of sp³-hybridized carbons (Fsp3) is 0.375. The zero-order valence-electron chi connectivity index (χ0n) is 12.6. The molecule has 2 rings (SSSR count). The number of hydrogen-bond donors (Lipinski definition) is 1. The highest BCUT2D eigenvalue weighted by molar-refractivity contribution is 5.32. The van der Waals surface area contributed by atoms with Gasteiger partial charge in [0.05, 0.1) is 0 Å². The van der Waals surface area contributed by atoms with Gasteiger partial charge in [-0.2, -0.15) is 0 Å². The Morgan fingerprint density at radius 3 is 2.81 bits per heavy atom. The Balaban J connectivity index is 2.04. The van der Waals surface area contributed by atoms with E-state index in [-0.39, 0.29) is 17.4 Å². The van der Waals surface area contributed by atoms with Crippen molar-refractivity contribution in [3.05, 3.63) is 57.9 Å². The minimum Gasteiger partial charge on any atom is -0.365 e. The summed E-state index contributed by atoms with van der Waals surface area (Å²) in [4.78, 5) is 16.2. The predicted molar refractivity (Wildman–Crippen MR) is 82.2 cm³/mol. The average molecular weight is 289 g/mol.